The number of ether oxygens (including phenoxy) is 2. The number of amides is 1. The SMILES string of the molecule is CC(=O)N[C@@H](C)c1ncc(-c2cccc(Nc3cc(C4(C)OCCO4)ccn3)n2)s1. The molecule has 3 aromatic heterocycles. The minimum absolute atomic E-state index is 0.0828. The number of anilines is 2. The fraction of sp³-hybridized carbons (Fsp3) is 0.333. The second-order valence-electron chi connectivity index (χ2n) is 7.09. The highest BCUT2D eigenvalue weighted by molar-refractivity contribution is 7.15. The third kappa shape index (κ3) is 4.48. The van der Waals surface area contributed by atoms with E-state index >= 15 is 0 Å². The van der Waals surface area contributed by atoms with Gasteiger partial charge in [0.1, 0.15) is 16.6 Å². The van der Waals surface area contributed by atoms with Crippen LogP contribution < -0.4 is 10.6 Å². The van der Waals surface area contributed by atoms with Gasteiger partial charge in [-0.05, 0) is 38.1 Å². The molecule has 1 aliphatic heterocycles. The van der Waals surface area contributed by atoms with Crippen LogP contribution in [-0.2, 0) is 20.1 Å². The molecule has 1 aliphatic rings. The van der Waals surface area contributed by atoms with Gasteiger partial charge in [0.2, 0.25) is 5.91 Å². The molecule has 3 aromatic rings. The normalized spacial score (nSPS) is 16.2. The standard InChI is InChI=1S/C21H23N5O3S/c1-13(24-14(2)27)20-23-12-17(30-20)16-5-4-6-18(25-16)26-19-11-15(7-8-22-19)21(3)28-9-10-29-21/h4-8,11-13H,9-10H2,1-3H3,(H,24,27)(H,22,25,26)/t13-/m0/s1. The van der Waals surface area contributed by atoms with E-state index in [0.717, 1.165) is 21.1 Å². The number of aromatic nitrogens is 3. The van der Waals surface area contributed by atoms with E-state index in [2.05, 4.69) is 25.6 Å². The summed E-state index contributed by atoms with van der Waals surface area (Å²) in [6, 6.07) is 9.38. The maximum absolute atomic E-state index is 11.3. The van der Waals surface area contributed by atoms with Crippen molar-refractivity contribution in [2.24, 2.45) is 0 Å². The molecular formula is C21H23N5O3S. The van der Waals surface area contributed by atoms with Crippen LogP contribution in [0.1, 0.15) is 37.4 Å². The number of nitrogens with one attached hydrogen (secondary N) is 2. The van der Waals surface area contributed by atoms with E-state index in [-0.39, 0.29) is 11.9 Å². The lowest BCUT2D eigenvalue weighted by molar-refractivity contribution is -0.149. The highest BCUT2D eigenvalue weighted by Crippen LogP contribution is 2.32. The Labute approximate surface area is 178 Å². The average molecular weight is 426 g/mol. The zero-order valence-electron chi connectivity index (χ0n) is 17.0. The molecule has 0 aliphatic carbocycles. The summed E-state index contributed by atoms with van der Waals surface area (Å²) in [5.74, 6) is 0.487. The first kappa shape index (κ1) is 20.4. The summed E-state index contributed by atoms with van der Waals surface area (Å²) in [7, 11) is 0. The number of thiazole rings is 1. The van der Waals surface area contributed by atoms with Gasteiger partial charge in [-0.3, -0.25) is 4.79 Å². The molecule has 4 heterocycles. The van der Waals surface area contributed by atoms with Crippen LogP contribution in [0.5, 0.6) is 0 Å². The van der Waals surface area contributed by atoms with Gasteiger partial charge in [-0.25, -0.2) is 15.0 Å². The van der Waals surface area contributed by atoms with Crippen LogP contribution in [0.25, 0.3) is 10.6 Å². The molecule has 0 aromatic carbocycles. The molecule has 1 fully saturated rings. The molecule has 156 valence electrons. The van der Waals surface area contributed by atoms with Gasteiger partial charge in [0.05, 0.1) is 29.8 Å². The molecule has 1 saturated heterocycles. The zero-order valence-corrected chi connectivity index (χ0v) is 17.8. The van der Waals surface area contributed by atoms with Gasteiger partial charge in [0, 0.05) is 24.9 Å². The second-order valence-corrected chi connectivity index (χ2v) is 8.15. The van der Waals surface area contributed by atoms with Crippen LogP contribution >= 0.6 is 11.3 Å². The minimum atomic E-state index is -0.752. The van der Waals surface area contributed by atoms with Gasteiger partial charge in [-0.15, -0.1) is 11.3 Å². The van der Waals surface area contributed by atoms with Crippen LogP contribution in [0.3, 0.4) is 0 Å². The number of pyridine rings is 2. The molecule has 0 radical (unpaired) electrons. The molecular weight excluding hydrogens is 402 g/mol. The topological polar surface area (TPSA) is 98.3 Å². The molecule has 9 heteroatoms. The van der Waals surface area contributed by atoms with E-state index in [4.69, 9.17) is 9.47 Å². The van der Waals surface area contributed by atoms with Crippen LogP contribution in [0.2, 0.25) is 0 Å². The monoisotopic (exact) mass is 425 g/mol. The lowest BCUT2D eigenvalue weighted by Gasteiger charge is -2.23. The Morgan fingerprint density at radius 3 is 2.77 bits per heavy atom. The Bertz CT molecular complexity index is 1050. The summed E-state index contributed by atoms with van der Waals surface area (Å²) >= 11 is 1.50. The minimum Gasteiger partial charge on any atom is -0.347 e. The maximum atomic E-state index is 11.3. The first-order valence-electron chi connectivity index (χ1n) is 9.65. The lowest BCUT2D eigenvalue weighted by atomic mass is 10.1. The van der Waals surface area contributed by atoms with Crippen molar-refractivity contribution in [2.45, 2.75) is 32.6 Å². The summed E-state index contributed by atoms with van der Waals surface area (Å²) in [4.78, 5) is 25.7. The van der Waals surface area contributed by atoms with Crippen LogP contribution in [-0.4, -0.2) is 34.1 Å². The van der Waals surface area contributed by atoms with Gasteiger partial charge in [-0.2, -0.15) is 0 Å². The molecule has 4 rings (SSSR count). The average Bonchev–Trinajstić information content (AvgIpc) is 3.38. The maximum Gasteiger partial charge on any atom is 0.217 e. The highest BCUT2D eigenvalue weighted by Gasteiger charge is 2.33. The Hall–Kier alpha value is -2.88. The first-order chi connectivity index (χ1) is 14.4. The molecule has 0 saturated carbocycles. The number of carbonyl (C=O) groups is 1. The van der Waals surface area contributed by atoms with E-state index in [1.54, 1.807) is 12.4 Å². The van der Waals surface area contributed by atoms with Crippen molar-refractivity contribution in [3.05, 3.63) is 53.3 Å². The van der Waals surface area contributed by atoms with Crippen molar-refractivity contribution < 1.29 is 14.3 Å². The third-order valence-corrected chi connectivity index (χ3v) is 5.90. The summed E-state index contributed by atoms with van der Waals surface area (Å²) < 4.78 is 11.5. The molecule has 1 atom stereocenters. The van der Waals surface area contributed by atoms with Gasteiger partial charge < -0.3 is 20.1 Å². The molecule has 2 N–H and O–H groups in total. The fourth-order valence-electron chi connectivity index (χ4n) is 3.21. The van der Waals surface area contributed by atoms with E-state index in [0.29, 0.717) is 24.8 Å². The van der Waals surface area contributed by atoms with Crippen molar-refractivity contribution >= 4 is 28.9 Å². The molecule has 0 bridgehead atoms. The summed E-state index contributed by atoms with van der Waals surface area (Å²) in [5, 5.41) is 6.92. The Balaban J connectivity index is 1.52. The summed E-state index contributed by atoms with van der Waals surface area (Å²) in [6.45, 7) is 6.45. The predicted octanol–water partition coefficient (Wildman–Crippen LogP) is 3.76. The summed E-state index contributed by atoms with van der Waals surface area (Å²) in [5.41, 5.74) is 1.69. The van der Waals surface area contributed by atoms with Gasteiger partial charge in [-0.1, -0.05) is 6.07 Å². The highest BCUT2D eigenvalue weighted by atomic mass is 32.1. The number of rotatable bonds is 6. The smallest absolute Gasteiger partial charge is 0.217 e. The van der Waals surface area contributed by atoms with Gasteiger partial charge in [0.25, 0.3) is 0 Å². The van der Waals surface area contributed by atoms with Crippen LogP contribution in [0.15, 0.2) is 42.7 Å². The lowest BCUT2D eigenvalue weighted by Crippen LogP contribution is -2.23. The van der Waals surface area contributed by atoms with Crippen molar-refractivity contribution in [1.29, 1.82) is 0 Å². The van der Waals surface area contributed by atoms with Crippen molar-refractivity contribution in [3.8, 4) is 10.6 Å². The van der Waals surface area contributed by atoms with Gasteiger partial charge >= 0.3 is 0 Å². The number of hydrogen-bond donors (Lipinski definition) is 2. The Kier molecular flexibility index (Phi) is 5.76. The summed E-state index contributed by atoms with van der Waals surface area (Å²) in [6.07, 6.45) is 3.50. The third-order valence-electron chi connectivity index (χ3n) is 4.69. The van der Waals surface area contributed by atoms with Gasteiger partial charge in [0.15, 0.2) is 5.79 Å². The number of carbonyl (C=O) groups excluding carboxylic acids is 1. The van der Waals surface area contributed by atoms with Crippen molar-refractivity contribution in [3.63, 3.8) is 0 Å². The van der Waals surface area contributed by atoms with E-state index in [9.17, 15) is 4.79 Å². The van der Waals surface area contributed by atoms with E-state index in [1.807, 2.05) is 44.2 Å². The van der Waals surface area contributed by atoms with Crippen molar-refractivity contribution in [1.82, 2.24) is 20.3 Å². The van der Waals surface area contributed by atoms with Crippen LogP contribution in [0, 0.1) is 0 Å². The Morgan fingerprint density at radius 2 is 2.00 bits per heavy atom. The molecule has 1 amide bonds. The Morgan fingerprint density at radius 1 is 1.20 bits per heavy atom. The number of hydrogen-bond acceptors (Lipinski definition) is 8. The molecule has 30 heavy (non-hydrogen) atoms. The van der Waals surface area contributed by atoms with E-state index in [1.165, 1.54) is 18.3 Å². The largest absolute Gasteiger partial charge is 0.347 e. The van der Waals surface area contributed by atoms with E-state index < -0.39 is 5.79 Å². The molecule has 0 unspecified atom stereocenters. The fourth-order valence-corrected chi connectivity index (χ4v) is 4.10. The first-order valence-corrected chi connectivity index (χ1v) is 10.5. The molecule has 0 spiro atoms. The zero-order chi connectivity index (χ0) is 21.1. The number of nitrogens with zero attached hydrogens (tertiary/aromatic N) is 3. The van der Waals surface area contributed by atoms with Crippen molar-refractivity contribution in [2.75, 3.05) is 18.5 Å². The molecule has 8 nitrogen and oxygen atoms in total. The van der Waals surface area contributed by atoms with Crippen LogP contribution in [0.4, 0.5) is 11.6 Å². The second kappa shape index (κ2) is 8.47. The quantitative estimate of drug-likeness (QED) is 0.620. The predicted molar refractivity (Wildman–Crippen MR) is 114 cm³/mol.